The molecule has 0 aliphatic heterocycles. The van der Waals surface area contributed by atoms with E-state index in [9.17, 15) is 18.7 Å². The fraction of sp³-hybridized carbons (Fsp3) is 0.417. The molecule has 2 rings (SSSR count). The molecule has 6 heteroatoms. The molecule has 2 N–H and O–H groups in total. The quantitative estimate of drug-likeness (QED) is 0.868. The van der Waals surface area contributed by atoms with Gasteiger partial charge >= 0.3 is 5.97 Å². The lowest BCUT2D eigenvalue weighted by atomic mass is 9.90. The number of carboxylic acid groups (broad SMARTS) is 1. The summed E-state index contributed by atoms with van der Waals surface area (Å²) < 4.78 is 31.7. The summed E-state index contributed by atoms with van der Waals surface area (Å²) in [6.07, 6.45) is 0.609. The zero-order valence-corrected chi connectivity index (χ0v) is 9.67. The first-order valence-electron chi connectivity index (χ1n) is 5.38. The molecule has 1 aliphatic rings. The molecule has 0 aromatic heterocycles. The van der Waals surface area contributed by atoms with Crippen molar-refractivity contribution in [3.8, 4) is 11.5 Å². The van der Waals surface area contributed by atoms with Crippen molar-refractivity contribution in [3.63, 3.8) is 0 Å². The van der Waals surface area contributed by atoms with E-state index in [4.69, 9.17) is 9.84 Å². The van der Waals surface area contributed by atoms with Gasteiger partial charge in [-0.15, -0.1) is 0 Å². The van der Waals surface area contributed by atoms with Gasteiger partial charge in [0.2, 0.25) is 0 Å². The van der Waals surface area contributed by atoms with Gasteiger partial charge in [0.05, 0.1) is 13.5 Å². The molecule has 18 heavy (non-hydrogen) atoms. The van der Waals surface area contributed by atoms with Crippen LogP contribution < -0.4 is 4.74 Å². The molecule has 0 bridgehead atoms. The first-order chi connectivity index (χ1) is 8.41. The van der Waals surface area contributed by atoms with Crippen LogP contribution in [0.25, 0.3) is 0 Å². The monoisotopic (exact) mass is 258 g/mol. The third-order valence-corrected chi connectivity index (χ3v) is 3.24. The minimum Gasteiger partial charge on any atom is -0.505 e. The number of carbonyl (C=O) groups is 1. The summed E-state index contributed by atoms with van der Waals surface area (Å²) in [6.45, 7) is 0. The van der Waals surface area contributed by atoms with Gasteiger partial charge in [-0.1, -0.05) is 0 Å². The van der Waals surface area contributed by atoms with Gasteiger partial charge in [-0.3, -0.25) is 4.79 Å². The van der Waals surface area contributed by atoms with E-state index in [0.29, 0.717) is 18.9 Å². The lowest BCUT2D eigenvalue weighted by Crippen LogP contribution is -2.15. The predicted molar refractivity (Wildman–Crippen MR) is 57.7 cm³/mol. The number of halogens is 2. The molecule has 0 unspecified atom stereocenters. The first kappa shape index (κ1) is 12.6. The van der Waals surface area contributed by atoms with Crippen LogP contribution in [-0.2, 0) is 10.2 Å². The number of benzene rings is 1. The minimum absolute atomic E-state index is 0.0788. The number of rotatable bonds is 4. The van der Waals surface area contributed by atoms with Gasteiger partial charge in [-0.05, 0) is 12.8 Å². The van der Waals surface area contributed by atoms with Crippen LogP contribution in [0.4, 0.5) is 8.78 Å². The second-order valence-corrected chi connectivity index (χ2v) is 4.45. The van der Waals surface area contributed by atoms with E-state index in [-0.39, 0.29) is 17.7 Å². The lowest BCUT2D eigenvalue weighted by molar-refractivity contribution is -0.137. The number of ether oxygens (including phenoxy) is 1. The van der Waals surface area contributed by atoms with Gasteiger partial charge in [0.25, 0.3) is 0 Å². The van der Waals surface area contributed by atoms with Crippen LogP contribution in [0.2, 0.25) is 0 Å². The molecule has 0 heterocycles. The Balaban J connectivity index is 2.59. The number of hydrogen-bond acceptors (Lipinski definition) is 3. The Morgan fingerprint density at radius 2 is 2.06 bits per heavy atom. The third kappa shape index (κ3) is 1.87. The van der Waals surface area contributed by atoms with Crippen LogP contribution in [0.15, 0.2) is 6.07 Å². The number of phenolic OH excluding ortho intramolecular Hbond substituents is 1. The standard InChI is InChI=1S/C12H12F2O4/c1-18-11-7(14)4-6(13)10(17)9(11)12(2-3-12)5-8(15)16/h4,17H,2-3,5H2,1H3,(H,15,16). The fourth-order valence-corrected chi connectivity index (χ4v) is 2.24. The molecule has 0 atom stereocenters. The molecule has 0 saturated heterocycles. The van der Waals surface area contributed by atoms with E-state index in [0.717, 1.165) is 0 Å². The van der Waals surface area contributed by atoms with Gasteiger partial charge in [0.1, 0.15) is 0 Å². The maximum atomic E-state index is 13.6. The average Bonchev–Trinajstić information content (AvgIpc) is 3.02. The lowest BCUT2D eigenvalue weighted by Gasteiger charge is -2.19. The zero-order valence-electron chi connectivity index (χ0n) is 9.67. The summed E-state index contributed by atoms with van der Waals surface area (Å²) in [6, 6.07) is 0.522. The summed E-state index contributed by atoms with van der Waals surface area (Å²) in [7, 11) is 1.19. The molecule has 1 aromatic carbocycles. The van der Waals surface area contributed by atoms with Crippen molar-refractivity contribution < 1.29 is 28.5 Å². The number of methoxy groups -OCH3 is 1. The zero-order chi connectivity index (χ0) is 13.5. The number of aliphatic carboxylic acids is 1. The smallest absolute Gasteiger partial charge is 0.304 e. The highest BCUT2D eigenvalue weighted by molar-refractivity contribution is 5.71. The summed E-state index contributed by atoms with van der Waals surface area (Å²) in [5.41, 5.74) is -1.01. The Morgan fingerprint density at radius 3 is 2.50 bits per heavy atom. The van der Waals surface area contributed by atoms with E-state index < -0.39 is 28.8 Å². The fourth-order valence-electron chi connectivity index (χ4n) is 2.24. The SMILES string of the molecule is COc1c(F)cc(F)c(O)c1C1(CC(=O)O)CC1. The van der Waals surface area contributed by atoms with Gasteiger partial charge in [-0.25, -0.2) is 8.78 Å². The normalized spacial score (nSPS) is 16.4. The Hall–Kier alpha value is -1.85. The highest BCUT2D eigenvalue weighted by Gasteiger charge is 2.50. The van der Waals surface area contributed by atoms with Crippen molar-refractivity contribution >= 4 is 5.97 Å². The van der Waals surface area contributed by atoms with E-state index in [1.54, 1.807) is 0 Å². The number of carboxylic acids is 1. The topological polar surface area (TPSA) is 66.8 Å². The first-order valence-corrected chi connectivity index (χ1v) is 5.38. The molecular formula is C12H12F2O4. The maximum absolute atomic E-state index is 13.6. The van der Waals surface area contributed by atoms with Gasteiger partial charge < -0.3 is 14.9 Å². The van der Waals surface area contributed by atoms with Crippen LogP contribution in [0.1, 0.15) is 24.8 Å². The second-order valence-electron chi connectivity index (χ2n) is 4.45. The van der Waals surface area contributed by atoms with Gasteiger partial charge in [0, 0.05) is 17.0 Å². The van der Waals surface area contributed by atoms with E-state index in [2.05, 4.69) is 0 Å². The van der Waals surface area contributed by atoms with Crippen molar-refractivity contribution in [2.75, 3.05) is 7.11 Å². The highest BCUT2D eigenvalue weighted by Crippen LogP contribution is 2.57. The van der Waals surface area contributed by atoms with Crippen molar-refractivity contribution in [3.05, 3.63) is 23.3 Å². The van der Waals surface area contributed by atoms with Gasteiger partial charge in [-0.2, -0.15) is 0 Å². The molecule has 98 valence electrons. The van der Waals surface area contributed by atoms with Crippen molar-refractivity contribution in [1.29, 1.82) is 0 Å². The molecule has 1 fully saturated rings. The van der Waals surface area contributed by atoms with Crippen molar-refractivity contribution in [2.45, 2.75) is 24.7 Å². The Labute approximate surface area is 102 Å². The van der Waals surface area contributed by atoms with E-state index in [1.165, 1.54) is 7.11 Å². The maximum Gasteiger partial charge on any atom is 0.304 e. The molecule has 0 amide bonds. The molecule has 0 radical (unpaired) electrons. The van der Waals surface area contributed by atoms with E-state index >= 15 is 0 Å². The molecular weight excluding hydrogens is 246 g/mol. The summed E-state index contributed by atoms with van der Waals surface area (Å²) in [4.78, 5) is 10.8. The summed E-state index contributed by atoms with van der Waals surface area (Å²) >= 11 is 0. The molecule has 4 nitrogen and oxygen atoms in total. The van der Waals surface area contributed by atoms with Crippen LogP contribution in [0.3, 0.4) is 0 Å². The molecule has 1 saturated carbocycles. The molecule has 1 aromatic rings. The Kier molecular flexibility index (Phi) is 2.88. The van der Waals surface area contributed by atoms with E-state index in [1.807, 2.05) is 0 Å². The van der Waals surface area contributed by atoms with Crippen LogP contribution in [-0.4, -0.2) is 23.3 Å². The Bertz CT molecular complexity index is 509. The predicted octanol–water partition coefficient (Wildman–Crippen LogP) is 2.19. The molecule has 0 spiro atoms. The average molecular weight is 258 g/mol. The Morgan fingerprint density at radius 1 is 1.44 bits per heavy atom. The van der Waals surface area contributed by atoms with Crippen LogP contribution >= 0.6 is 0 Å². The highest BCUT2D eigenvalue weighted by atomic mass is 19.1. The van der Waals surface area contributed by atoms with Crippen molar-refractivity contribution in [2.24, 2.45) is 0 Å². The number of hydrogen-bond donors (Lipinski definition) is 2. The second kappa shape index (κ2) is 4.12. The minimum atomic E-state index is -1.11. The largest absolute Gasteiger partial charge is 0.505 e. The third-order valence-electron chi connectivity index (χ3n) is 3.24. The van der Waals surface area contributed by atoms with Crippen molar-refractivity contribution in [1.82, 2.24) is 0 Å². The summed E-state index contributed by atoms with van der Waals surface area (Å²) in [5.74, 6) is -4.15. The summed E-state index contributed by atoms with van der Waals surface area (Å²) in [5, 5.41) is 18.5. The van der Waals surface area contributed by atoms with Gasteiger partial charge in [0.15, 0.2) is 23.1 Å². The number of phenols is 1. The molecule has 1 aliphatic carbocycles. The van der Waals surface area contributed by atoms with Crippen LogP contribution in [0, 0.1) is 11.6 Å². The number of aromatic hydroxyl groups is 1. The van der Waals surface area contributed by atoms with Crippen LogP contribution in [0.5, 0.6) is 11.5 Å².